The number of aromatic nitrogens is 2. The summed E-state index contributed by atoms with van der Waals surface area (Å²) < 4.78 is 5.50. The second-order valence-electron chi connectivity index (χ2n) is 5.46. The lowest BCUT2D eigenvalue weighted by Crippen LogP contribution is -2.47. The Balaban J connectivity index is 1.72. The molecule has 2 heterocycles. The van der Waals surface area contributed by atoms with E-state index in [-0.39, 0.29) is 6.10 Å². The molecule has 3 N–H and O–H groups in total. The lowest BCUT2D eigenvalue weighted by molar-refractivity contribution is 0.00528. The fourth-order valence-electron chi connectivity index (χ4n) is 2.58. The number of nitrogens with zero attached hydrogens (tertiary/aromatic N) is 3. The van der Waals surface area contributed by atoms with Crippen LogP contribution in [0.1, 0.15) is 18.3 Å². The Morgan fingerprint density at radius 1 is 1.57 bits per heavy atom. The topological polar surface area (TPSA) is 79.5 Å². The fraction of sp³-hybridized carbons (Fsp3) is 0.467. The summed E-state index contributed by atoms with van der Waals surface area (Å²) in [5, 5.41) is 0. The zero-order valence-corrected chi connectivity index (χ0v) is 12.5. The first-order valence-corrected chi connectivity index (χ1v) is 7.24. The van der Waals surface area contributed by atoms with Gasteiger partial charge < -0.3 is 20.4 Å². The Labute approximate surface area is 124 Å². The summed E-state index contributed by atoms with van der Waals surface area (Å²) in [6.07, 6.45) is 0.196. The van der Waals surface area contributed by atoms with Crippen LogP contribution in [0.25, 0.3) is 11.0 Å². The van der Waals surface area contributed by atoms with Gasteiger partial charge in [-0.25, -0.2) is 9.98 Å². The van der Waals surface area contributed by atoms with E-state index >= 15 is 0 Å². The van der Waals surface area contributed by atoms with E-state index in [1.54, 1.807) is 0 Å². The highest BCUT2D eigenvalue weighted by molar-refractivity contribution is 5.79. The normalized spacial score (nSPS) is 20.2. The van der Waals surface area contributed by atoms with Gasteiger partial charge in [-0.2, -0.15) is 0 Å². The van der Waals surface area contributed by atoms with Crippen molar-refractivity contribution in [3.63, 3.8) is 0 Å². The summed E-state index contributed by atoms with van der Waals surface area (Å²) in [6, 6.07) is 6.10. The molecule has 1 fully saturated rings. The first kappa shape index (κ1) is 13.9. The van der Waals surface area contributed by atoms with Crippen LogP contribution in [0.4, 0.5) is 0 Å². The first-order chi connectivity index (χ1) is 10.1. The number of hydrogen-bond donors (Lipinski definition) is 2. The maximum atomic E-state index is 6.06. The molecule has 2 aromatic rings. The third-order valence-electron chi connectivity index (χ3n) is 3.72. The standard InChI is InChI=1S/C15H21N5O/c1-10-4-3-5-12-14(10)19-13(18-12)8-17-15(16)20-6-7-21-11(2)9-20/h3-5,11H,6-9H2,1-2H3,(H2,16,17)(H,18,19). The van der Waals surface area contributed by atoms with Crippen molar-refractivity contribution in [1.82, 2.24) is 14.9 Å². The molecule has 0 saturated carbocycles. The molecule has 1 atom stereocenters. The second-order valence-corrected chi connectivity index (χ2v) is 5.46. The van der Waals surface area contributed by atoms with E-state index in [1.807, 2.05) is 19.1 Å². The number of imidazole rings is 1. The molecule has 6 nitrogen and oxygen atoms in total. The number of ether oxygens (including phenoxy) is 1. The van der Waals surface area contributed by atoms with Crippen LogP contribution in [-0.2, 0) is 11.3 Å². The minimum atomic E-state index is 0.196. The van der Waals surface area contributed by atoms with Crippen molar-refractivity contribution in [2.45, 2.75) is 26.5 Å². The predicted molar refractivity (Wildman–Crippen MR) is 83.1 cm³/mol. The van der Waals surface area contributed by atoms with Crippen LogP contribution in [0.15, 0.2) is 23.2 Å². The molecule has 0 spiro atoms. The molecule has 0 bridgehead atoms. The third-order valence-corrected chi connectivity index (χ3v) is 3.72. The Morgan fingerprint density at radius 3 is 3.19 bits per heavy atom. The quantitative estimate of drug-likeness (QED) is 0.646. The number of fused-ring (bicyclic) bond motifs is 1. The van der Waals surface area contributed by atoms with Gasteiger partial charge in [0.05, 0.1) is 23.7 Å². The molecule has 1 aliphatic heterocycles. The SMILES string of the molecule is Cc1cccc2[nH]c(CN=C(N)N3CCOC(C)C3)nc12. The molecule has 0 radical (unpaired) electrons. The van der Waals surface area contributed by atoms with Crippen molar-refractivity contribution in [3.8, 4) is 0 Å². The van der Waals surface area contributed by atoms with Crippen LogP contribution < -0.4 is 5.73 Å². The van der Waals surface area contributed by atoms with Gasteiger partial charge in [-0.1, -0.05) is 12.1 Å². The maximum Gasteiger partial charge on any atom is 0.191 e. The number of rotatable bonds is 2. The number of hydrogen-bond acceptors (Lipinski definition) is 3. The van der Waals surface area contributed by atoms with Crippen LogP contribution in [0.2, 0.25) is 0 Å². The summed E-state index contributed by atoms with van der Waals surface area (Å²) in [6.45, 7) is 6.83. The van der Waals surface area contributed by atoms with Crippen LogP contribution in [0, 0.1) is 6.92 Å². The summed E-state index contributed by atoms with van der Waals surface area (Å²) in [5.41, 5.74) is 9.26. The van der Waals surface area contributed by atoms with E-state index in [1.165, 1.54) is 0 Å². The van der Waals surface area contributed by atoms with E-state index in [4.69, 9.17) is 10.5 Å². The van der Waals surface area contributed by atoms with Gasteiger partial charge in [0.1, 0.15) is 12.4 Å². The van der Waals surface area contributed by atoms with Gasteiger partial charge in [-0.05, 0) is 25.5 Å². The molecule has 1 unspecified atom stereocenters. The average Bonchev–Trinajstić information content (AvgIpc) is 2.89. The number of nitrogens with one attached hydrogen (secondary N) is 1. The molecule has 0 aliphatic carbocycles. The Morgan fingerprint density at radius 2 is 2.43 bits per heavy atom. The van der Waals surface area contributed by atoms with Crippen LogP contribution in [-0.4, -0.2) is 46.6 Å². The van der Waals surface area contributed by atoms with Crippen molar-refractivity contribution in [1.29, 1.82) is 0 Å². The largest absolute Gasteiger partial charge is 0.375 e. The number of guanidine groups is 1. The van der Waals surface area contributed by atoms with Crippen LogP contribution >= 0.6 is 0 Å². The fourth-order valence-corrected chi connectivity index (χ4v) is 2.58. The van der Waals surface area contributed by atoms with Gasteiger partial charge in [0.15, 0.2) is 5.96 Å². The molecular weight excluding hydrogens is 266 g/mol. The zero-order valence-electron chi connectivity index (χ0n) is 12.5. The highest BCUT2D eigenvalue weighted by atomic mass is 16.5. The molecule has 1 saturated heterocycles. The Hall–Kier alpha value is -2.08. The summed E-state index contributed by atoms with van der Waals surface area (Å²) >= 11 is 0. The summed E-state index contributed by atoms with van der Waals surface area (Å²) in [7, 11) is 0. The number of para-hydroxylation sites is 1. The van der Waals surface area contributed by atoms with Crippen molar-refractivity contribution in [2.24, 2.45) is 10.7 Å². The summed E-state index contributed by atoms with van der Waals surface area (Å²) in [4.78, 5) is 14.4. The van der Waals surface area contributed by atoms with Gasteiger partial charge in [0, 0.05) is 13.1 Å². The molecule has 6 heteroatoms. The van der Waals surface area contributed by atoms with Gasteiger partial charge in [0.2, 0.25) is 0 Å². The first-order valence-electron chi connectivity index (χ1n) is 7.24. The summed E-state index contributed by atoms with van der Waals surface area (Å²) in [5.74, 6) is 1.39. The number of H-pyrrole nitrogens is 1. The number of benzene rings is 1. The Bertz CT molecular complexity index is 663. The van der Waals surface area contributed by atoms with Crippen molar-refractivity contribution in [2.75, 3.05) is 19.7 Å². The number of nitrogens with two attached hydrogens (primary N) is 1. The van der Waals surface area contributed by atoms with Crippen LogP contribution in [0.5, 0.6) is 0 Å². The number of aliphatic imine (C=N–C) groups is 1. The molecule has 1 aliphatic rings. The molecule has 3 rings (SSSR count). The number of morpholine rings is 1. The molecule has 1 aromatic heterocycles. The van der Waals surface area contributed by atoms with E-state index in [0.29, 0.717) is 19.1 Å². The maximum absolute atomic E-state index is 6.06. The smallest absolute Gasteiger partial charge is 0.191 e. The molecule has 0 amide bonds. The van der Waals surface area contributed by atoms with Gasteiger partial charge in [-0.15, -0.1) is 0 Å². The third kappa shape index (κ3) is 3.00. The van der Waals surface area contributed by atoms with Gasteiger partial charge in [0.25, 0.3) is 0 Å². The van der Waals surface area contributed by atoms with Crippen molar-refractivity contribution >= 4 is 17.0 Å². The highest BCUT2D eigenvalue weighted by Crippen LogP contribution is 2.15. The number of aryl methyl sites for hydroxylation is 1. The minimum Gasteiger partial charge on any atom is -0.375 e. The van der Waals surface area contributed by atoms with Gasteiger partial charge in [-0.3, -0.25) is 0 Å². The molecule has 1 aromatic carbocycles. The predicted octanol–water partition coefficient (Wildman–Crippen LogP) is 1.41. The lowest BCUT2D eigenvalue weighted by atomic mass is 10.2. The molecule has 21 heavy (non-hydrogen) atoms. The second kappa shape index (κ2) is 5.73. The van der Waals surface area contributed by atoms with Crippen molar-refractivity contribution in [3.05, 3.63) is 29.6 Å². The average molecular weight is 287 g/mol. The monoisotopic (exact) mass is 287 g/mol. The van der Waals surface area contributed by atoms with E-state index in [0.717, 1.165) is 35.5 Å². The van der Waals surface area contributed by atoms with E-state index < -0.39 is 0 Å². The molecular formula is C15H21N5O. The molecule has 112 valence electrons. The highest BCUT2D eigenvalue weighted by Gasteiger charge is 2.18. The van der Waals surface area contributed by atoms with Crippen molar-refractivity contribution < 1.29 is 4.74 Å². The lowest BCUT2D eigenvalue weighted by Gasteiger charge is -2.31. The minimum absolute atomic E-state index is 0.196. The van der Waals surface area contributed by atoms with E-state index in [2.05, 4.69) is 32.9 Å². The van der Waals surface area contributed by atoms with E-state index in [9.17, 15) is 0 Å². The zero-order chi connectivity index (χ0) is 14.8. The Kier molecular flexibility index (Phi) is 3.79. The number of aromatic amines is 1. The van der Waals surface area contributed by atoms with Gasteiger partial charge >= 0.3 is 0 Å². The van der Waals surface area contributed by atoms with Crippen LogP contribution in [0.3, 0.4) is 0 Å².